The Morgan fingerprint density at radius 2 is 1.24 bits per heavy atom. The second-order valence-electron chi connectivity index (χ2n) is 8.90. The molecule has 2 aromatic rings. The standard InChI is InChI=1S/C24H31N3O2/c1-13(2)21-11-28-23(26-21)9-19-17-7-15(5)16(6)8-18(17)20(25-19)10-24-27-22(12-29-24)14(3)4/h7-10,13-14,21-22,25H,11-12H2,1-6H3/b19-9-,20-10-/t21-,22-/m1/s1. The SMILES string of the molecule is Cc1cc2/c(=C/C3=N[C@@H](C(C)C)CO3)[nH]/c(=C\C3=N[C@@H](C(C)C)CO3)c2cc1C. The van der Waals surface area contributed by atoms with Crippen LogP contribution in [0.1, 0.15) is 38.8 Å². The average Bonchev–Trinajstić information content (AvgIpc) is 3.37. The molecule has 1 aromatic heterocycles. The van der Waals surface area contributed by atoms with E-state index in [1.165, 1.54) is 11.1 Å². The minimum absolute atomic E-state index is 0.228. The molecule has 4 rings (SSSR count). The Hall–Kier alpha value is -2.56. The van der Waals surface area contributed by atoms with Gasteiger partial charge in [-0.15, -0.1) is 0 Å². The van der Waals surface area contributed by atoms with Crippen LogP contribution >= 0.6 is 0 Å². The maximum Gasteiger partial charge on any atom is 0.211 e. The first kappa shape index (κ1) is 19.7. The fourth-order valence-corrected chi connectivity index (χ4v) is 3.67. The molecule has 0 bridgehead atoms. The zero-order chi connectivity index (χ0) is 20.7. The van der Waals surface area contributed by atoms with E-state index in [2.05, 4.69) is 58.7 Å². The van der Waals surface area contributed by atoms with Gasteiger partial charge < -0.3 is 14.5 Å². The lowest BCUT2D eigenvalue weighted by atomic mass is 10.0. The van der Waals surface area contributed by atoms with E-state index in [1.807, 2.05) is 12.2 Å². The molecule has 3 heterocycles. The van der Waals surface area contributed by atoms with Crippen molar-refractivity contribution in [3.63, 3.8) is 0 Å². The number of ether oxygens (including phenoxy) is 2. The predicted molar refractivity (Wildman–Crippen MR) is 120 cm³/mol. The van der Waals surface area contributed by atoms with Crippen LogP contribution in [0, 0.1) is 25.7 Å². The molecular weight excluding hydrogens is 362 g/mol. The summed E-state index contributed by atoms with van der Waals surface area (Å²) in [4.78, 5) is 13.0. The van der Waals surface area contributed by atoms with Gasteiger partial charge in [-0.05, 0) is 48.9 Å². The van der Waals surface area contributed by atoms with Crippen molar-refractivity contribution in [2.75, 3.05) is 13.2 Å². The van der Waals surface area contributed by atoms with Gasteiger partial charge in [0.05, 0.1) is 22.8 Å². The molecule has 0 saturated carbocycles. The highest BCUT2D eigenvalue weighted by Gasteiger charge is 2.22. The minimum Gasteiger partial charge on any atom is -0.476 e. The number of aliphatic imine (C=N–C) groups is 2. The molecule has 1 N–H and O–H groups in total. The summed E-state index contributed by atoms with van der Waals surface area (Å²) >= 11 is 0. The normalized spacial score (nSPS) is 23.2. The Bertz CT molecular complexity index is 1020. The quantitative estimate of drug-likeness (QED) is 0.867. The summed E-state index contributed by atoms with van der Waals surface area (Å²) < 4.78 is 11.7. The Labute approximate surface area is 172 Å². The fourth-order valence-electron chi connectivity index (χ4n) is 3.67. The van der Waals surface area contributed by atoms with E-state index in [4.69, 9.17) is 19.5 Å². The molecule has 154 valence electrons. The van der Waals surface area contributed by atoms with Crippen LogP contribution in [-0.2, 0) is 9.47 Å². The fraction of sp³-hybridized carbons (Fsp3) is 0.500. The van der Waals surface area contributed by atoms with E-state index in [1.54, 1.807) is 0 Å². The molecule has 2 aliphatic heterocycles. The van der Waals surface area contributed by atoms with Gasteiger partial charge in [-0.3, -0.25) is 0 Å². The van der Waals surface area contributed by atoms with Crippen molar-refractivity contribution >= 4 is 34.7 Å². The van der Waals surface area contributed by atoms with Crippen molar-refractivity contribution in [2.45, 2.75) is 53.6 Å². The number of aromatic nitrogens is 1. The third kappa shape index (κ3) is 3.96. The monoisotopic (exact) mass is 393 g/mol. The van der Waals surface area contributed by atoms with Crippen molar-refractivity contribution in [1.29, 1.82) is 0 Å². The first-order valence-corrected chi connectivity index (χ1v) is 10.6. The van der Waals surface area contributed by atoms with Crippen LogP contribution in [-0.4, -0.2) is 42.1 Å². The summed E-state index contributed by atoms with van der Waals surface area (Å²) in [6, 6.07) is 4.92. The molecule has 0 aliphatic carbocycles. The van der Waals surface area contributed by atoms with E-state index in [-0.39, 0.29) is 12.1 Å². The molecule has 0 amide bonds. The molecule has 0 unspecified atom stereocenters. The van der Waals surface area contributed by atoms with E-state index < -0.39 is 0 Å². The maximum atomic E-state index is 5.83. The number of rotatable bonds is 4. The van der Waals surface area contributed by atoms with Crippen molar-refractivity contribution in [3.8, 4) is 0 Å². The summed E-state index contributed by atoms with van der Waals surface area (Å²) in [5.74, 6) is 2.35. The van der Waals surface area contributed by atoms with E-state index in [0.29, 0.717) is 36.8 Å². The summed E-state index contributed by atoms with van der Waals surface area (Å²) in [6.07, 6.45) is 4.04. The second-order valence-corrected chi connectivity index (χ2v) is 8.90. The van der Waals surface area contributed by atoms with Crippen molar-refractivity contribution in [2.24, 2.45) is 21.8 Å². The number of nitrogens with zero attached hydrogens (tertiary/aromatic N) is 2. The number of benzene rings is 1. The lowest BCUT2D eigenvalue weighted by molar-refractivity contribution is 0.294. The van der Waals surface area contributed by atoms with E-state index in [0.717, 1.165) is 21.5 Å². The molecule has 5 heteroatoms. The Kier molecular flexibility index (Phi) is 5.24. The van der Waals surface area contributed by atoms with E-state index in [9.17, 15) is 0 Å². The lowest BCUT2D eigenvalue weighted by Crippen LogP contribution is -2.14. The molecule has 2 atom stereocenters. The van der Waals surface area contributed by atoms with Crippen LogP contribution in [0.3, 0.4) is 0 Å². The number of aromatic amines is 1. The zero-order valence-electron chi connectivity index (χ0n) is 18.2. The van der Waals surface area contributed by atoms with Gasteiger partial charge in [-0.2, -0.15) is 0 Å². The van der Waals surface area contributed by atoms with Gasteiger partial charge in [0.15, 0.2) is 0 Å². The van der Waals surface area contributed by atoms with Crippen LogP contribution in [0.2, 0.25) is 0 Å². The van der Waals surface area contributed by atoms with Crippen LogP contribution in [0.4, 0.5) is 0 Å². The minimum atomic E-state index is 0.228. The van der Waals surface area contributed by atoms with Gasteiger partial charge in [0.2, 0.25) is 11.8 Å². The molecule has 2 aliphatic rings. The number of hydrogen-bond acceptors (Lipinski definition) is 4. The average molecular weight is 394 g/mol. The maximum absolute atomic E-state index is 5.83. The van der Waals surface area contributed by atoms with Crippen LogP contribution in [0.25, 0.3) is 22.9 Å². The Balaban J connectivity index is 1.84. The number of fused-ring (bicyclic) bond motifs is 1. The molecule has 1 aromatic carbocycles. The Morgan fingerprint density at radius 3 is 1.59 bits per heavy atom. The van der Waals surface area contributed by atoms with Gasteiger partial charge >= 0.3 is 0 Å². The van der Waals surface area contributed by atoms with Gasteiger partial charge in [-0.25, -0.2) is 9.98 Å². The topological polar surface area (TPSA) is 59.0 Å². The largest absolute Gasteiger partial charge is 0.476 e. The number of aryl methyl sites for hydroxylation is 2. The molecule has 0 fully saturated rings. The number of hydrogen-bond donors (Lipinski definition) is 1. The van der Waals surface area contributed by atoms with Gasteiger partial charge in [0.25, 0.3) is 0 Å². The van der Waals surface area contributed by atoms with Crippen LogP contribution < -0.4 is 10.7 Å². The smallest absolute Gasteiger partial charge is 0.211 e. The molecule has 0 radical (unpaired) electrons. The molecule has 29 heavy (non-hydrogen) atoms. The molecular formula is C24H31N3O2. The van der Waals surface area contributed by atoms with Gasteiger partial charge in [0.1, 0.15) is 13.2 Å². The summed E-state index contributed by atoms with van der Waals surface area (Å²) in [5.41, 5.74) is 2.53. The zero-order valence-corrected chi connectivity index (χ0v) is 18.2. The highest BCUT2D eigenvalue weighted by molar-refractivity contribution is 6.09. The third-order valence-corrected chi connectivity index (χ3v) is 5.95. The summed E-state index contributed by atoms with van der Waals surface area (Å²) in [7, 11) is 0. The van der Waals surface area contributed by atoms with Gasteiger partial charge in [-0.1, -0.05) is 27.7 Å². The highest BCUT2D eigenvalue weighted by Crippen LogP contribution is 2.17. The predicted octanol–water partition coefficient (Wildman–Crippen LogP) is 3.25. The number of H-pyrrole nitrogens is 1. The van der Waals surface area contributed by atoms with Crippen LogP contribution in [0.15, 0.2) is 22.1 Å². The first-order chi connectivity index (χ1) is 13.8. The number of nitrogens with one attached hydrogen (secondary N) is 1. The Morgan fingerprint density at radius 1 is 0.828 bits per heavy atom. The van der Waals surface area contributed by atoms with Crippen molar-refractivity contribution in [3.05, 3.63) is 34.0 Å². The third-order valence-electron chi connectivity index (χ3n) is 5.95. The molecule has 5 nitrogen and oxygen atoms in total. The van der Waals surface area contributed by atoms with E-state index >= 15 is 0 Å². The summed E-state index contributed by atoms with van der Waals surface area (Å²) in [6.45, 7) is 14.3. The highest BCUT2D eigenvalue weighted by atomic mass is 16.5. The van der Waals surface area contributed by atoms with Gasteiger partial charge in [0, 0.05) is 22.9 Å². The van der Waals surface area contributed by atoms with Crippen molar-refractivity contribution < 1.29 is 9.47 Å². The van der Waals surface area contributed by atoms with Crippen molar-refractivity contribution in [1.82, 2.24) is 4.98 Å². The molecule has 0 saturated heterocycles. The second kappa shape index (κ2) is 7.69. The lowest BCUT2D eigenvalue weighted by Gasteiger charge is -2.06. The molecule has 0 spiro atoms. The first-order valence-electron chi connectivity index (χ1n) is 10.6. The summed E-state index contributed by atoms with van der Waals surface area (Å²) in [5, 5.41) is 4.35. The van der Waals surface area contributed by atoms with Crippen LogP contribution in [0.5, 0.6) is 0 Å².